The van der Waals surface area contributed by atoms with E-state index in [9.17, 15) is 5.11 Å². The van der Waals surface area contributed by atoms with Crippen LogP contribution in [0.4, 0.5) is 5.82 Å². The molecule has 1 saturated carbocycles. The van der Waals surface area contributed by atoms with Gasteiger partial charge in [-0.3, -0.25) is 0 Å². The van der Waals surface area contributed by atoms with Gasteiger partial charge in [-0.05, 0) is 18.9 Å². The van der Waals surface area contributed by atoms with E-state index in [0.717, 1.165) is 12.4 Å². The zero-order valence-electron chi connectivity index (χ0n) is 11.7. The van der Waals surface area contributed by atoms with E-state index in [1.54, 1.807) is 13.3 Å². The first-order chi connectivity index (χ1) is 9.20. The van der Waals surface area contributed by atoms with Crippen molar-refractivity contribution in [2.75, 3.05) is 32.2 Å². The Morgan fingerprint density at radius 3 is 3.05 bits per heavy atom. The lowest BCUT2D eigenvalue weighted by molar-refractivity contribution is 0.0694. The van der Waals surface area contributed by atoms with Crippen molar-refractivity contribution < 1.29 is 9.84 Å². The summed E-state index contributed by atoms with van der Waals surface area (Å²) in [6.45, 7) is 1.69. The fourth-order valence-corrected chi connectivity index (χ4v) is 2.10. The Hall–Kier alpha value is -1.17. The van der Waals surface area contributed by atoms with Gasteiger partial charge in [0.1, 0.15) is 5.82 Å². The second kappa shape index (κ2) is 6.84. The number of nitrogens with zero attached hydrogens (tertiary/aromatic N) is 2. The van der Waals surface area contributed by atoms with Crippen molar-refractivity contribution >= 4 is 5.82 Å². The van der Waals surface area contributed by atoms with Gasteiger partial charge < -0.3 is 20.1 Å². The lowest BCUT2D eigenvalue weighted by Gasteiger charge is -2.23. The molecule has 1 aliphatic carbocycles. The van der Waals surface area contributed by atoms with Crippen LogP contribution in [0, 0.1) is 0 Å². The molecular formula is C14H23N3O2. The Morgan fingerprint density at radius 1 is 1.58 bits per heavy atom. The standard InChI is InChI=1S/C14H23N3O2/c1-17(9-13(18)10-19-2)14-11(4-3-7-15-14)8-16-12-5-6-12/h3-4,7,12-13,16,18H,5-6,8-10H2,1-2H3. The number of hydrogen-bond acceptors (Lipinski definition) is 5. The number of aliphatic hydroxyl groups is 1. The van der Waals surface area contributed by atoms with Gasteiger partial charge in [0.2, 0.25) is 0 Å². The maximum Gasteiger partial charge on any atom is 0.132 e. The molecule has 106 valence electrons. The maximum atomic E-state index is 9.79. The number of hydrogen-bond donors (Lipinski definition) is 2. The Balaban J connectivity index is 1.96. The minimum Gasteiger partial charge on any atom is -0.389 e. The van der Waals surface area contributed by atoms with E-state index >= 15 is 0 Å². The van der Waals surface area contributed by atoms with Crippen LogP contribution >= 0.6 is 0 Å². The molecule has 1 aliphatic rings. The number of aliphatic hydroxyl groups excluding tert-OH is 1. The predicted octanol–water partition coefficient (Wildman–Crippen LogP) is 0.777. The highest BCUT2D eigenvalue weighted by atomic mass is 16.5. The minimum atomic E-state index is -0.499. The highest BCUT2D eigenvalue weighted by Crippen LogP contribution is 2.21. The van der Waals surface area contributed by atoms with Gasteiger partial charge in [-0.1, -0.05) is 6.07 Å². The average molecular weight is 265 g/mol. The summed E-state index contributed by atoms with van der Waals surface area (Å²) < 4.78 is 4.95. The van der Waals surface area contributed by atoms with Crippen LogP contribution in [0.25, 0.3) is 0 Å². The molecule has 0 bridgehead atoms. The van der Waals surface area contributed by atoms with Gasteiger partial charge in [-0.25, -0.2) is 4.98 Å². The van der Waals surface area contributed by atoms with E-state index in [1.165, 1.54) is 18.4 Å². The number of pyridine rings is 1. The number of methoxy groups -OCH3 is 1. The van der Waals surface area contributed by atoms with Crippen molar-refractivity contribution in [3.05, 3.63) is 23.9 Å². The molecule has 0 spiro atoms. The quantitative estimate of drug-likeness (QED) is 0.727. The number of rotatable bonds is 8. The van der Waals surface area contributed by atoms with E-state index in [-0.39, 0.29) is 0 Å². The van der Waals surface area contributed by atoms with Crippen molar-refractivity contribution in [2.24, 2.45) is 0 Å². The van der Waals surface area contributed by atoms with Crippen LogP contribution in [-0.2, 0) is 11.3 Å². The minimum absolute atomic E-state index is 0.340. The Bertz CT molecular complexity index is 396. The first-order valence-electron chi connectivity index (χ1n) is 6.76. The highest BCUT2D eigenvalue weighted by molar-refractivity contribution is 5.46. The van der Waals surface area contributed by atoms with Crippen molar-refractivity contribution in [1.82, 2.24) is 10.3 Å². The summed E-state index contributed by atoms with van der Waals surface area (Å²) in [4.78, 5) is 6.40. The van der Waals surface area contributed by atoms with E-state index in [2.05, 4.69) is 16.4 Å². The molecule has 2 rings (SSSR count). The average Bonchev–Trinajstić information content (AvgIpc) is 3.21. The summed E-state index contributed by atoms with van der Waals surface area (Å²) in [5, 5.41) is 13.3. The largest absolute Gasteiger partial charge is 0.389 e. The van der Waals surface area contributed by atoms with Crippen molar-refractivity contribution in [3.63, 3.8) is 0 Å². The van der Waals surface area contributed by atoms with Gasteiger partial charge in [0.05, 0.1) is 12.7 Å². The molecule has 0 aliphatic heterocycles. The van der Waals surface area contributed by atoms with E-state index in [4.69, 9.17) is 4.74 Å². The SMILES string of the molecule is COCC(O)CN(C)c1ncccc1CNC1CC1. The summed E-state index contributed by atoms with van der Waals surface area (Å²) in [6.07, 6.45) is 3.84. The molecule has 0 amide bonds. The van der Waals surface area contributed by atoms with Crippen LogP contribution in [0.2, 0.25) is 0 Å². The molecule has 1 aromatic heterocycles. The van der Waals surface area contributed by atoms with Crippen LogP contribution in [-0.4, -0.2) is 49.5 Å². The molecule has 5 nitrogen and oxygen atoms in total. The number of likely N-dealkylation sites (N-methyl/N-ethyl adjacent to an activating group) is 1. The Kier molecular flexibility index (Phi) is 5.13. The number of aromatic nitrogens is 1. The number of ether oxygens (including phenoxy) is 1. The van der Waals surface area contributed by atoms with Gasteiger partial charge >= 0.3 is 0 Å². The summed E-state index contributed by atoms with van der Waals surface area (Å²) in [5.74, 6) is 0.922. The second-order valence-electron chi connectivity index (χ2n) is 5.13. The molecule has 1 unspecified atom stereocenters. The normalized spacial score (nSPS) is 16.4. The predicted molar refractivity (Wildman–Crippen MR) is 75.3 cm³/mol. The van der Waals surface area contributed by atoms with Gasteiger partial charge in [0.15, 0.2) is 0 Å². The summed E-state index contributed by atoms with van der Waals surface area (Å²) in [7, 11) is 3.54. The van der Waals surface area contributed by atoms with E-state index in [0.29, 0.717) is 19.2 Å². The van der Waals surface area contributed by atoms with Crippen molar-refractivity contribution in [3.8, 4) is 0 Å². The summed E-state index contributed by atoms with van der Waals surface area (Å²) in [5.41, 5.74) is 1.17. The van der Waals surface area contributed by atoms with Crippen molar-refractivity contribution in [1.29, 1.82) is 0 Å². The molecule has 1 heterocycles. The van der Waals surface area contributed by atoms with Crippen LogP contribution in [0.3, 0.4) is 0 Å². The monoisotopic (exact) mass is 265 g/mol. The molecule has 0 radical (unpaired) electrons. The molecule has 19 heavy (non-hydrogen) atoms. The zero-order chi connectivity index (χ0) is 13.7. The molecule has 5 heteroatoms. The van der Waals surface area contributed by atoms with E-state index < -0.39 is 6.10 Å². The molecule has 2 N–H and O–H groups in total. The zero-order valence-corrected chi connectivity index (χ0v) is 11.7. The van der Waals surface area contributed by atoms with Gasteiger partial charge in [-0.15, -0.1) is 0 Å². The first-order valence-corrected chi connectivity index (χ1v) is 6.76. The number of anilines is 1. The van der Waals surface area contributed by atoms with Gasteiger partial charge in [-0.2, -0.15) is 0 Å². The van der Waals surface area contributed by atoms with Crippen LogP contribution in [0.15, 0.2) is 18.3 Å². The van der Waals surface area contributed by atoms with Crippen LogP contribution in [0.1, 0.15) is 18.4 Å². The molecule has 0 aromatic carbocycles. The first kappa shape index (κ1) is 14.2. The molecule has 1 fully saturated rings. The Labute approximate surface area is 114 Å². The third-order valence-corrected chi connectivity index (χ3v) is 3.23. The third-order valence-electron chi connectivity index (χ3n) is 3.23. The van der Waals surface area contributed by atoms with Gasteiger partial charge in [0.25, 0.3) is 0 Å². The third kappa shape index (κ3) is 4.45. The van der Waals surface area contributed by atoms with Crippen molar-refractivity contribution in [2.45, 2.75) is 31.5 Å². The van der Waals surface area contributed by atoms with Crippen LogP contribution < -0.4 is 10.2 Å². The molecule has 1 atom stereocenters. The summed E-state index contributed by atoms with van der Waals surface area (Å²) in [6, 6.07) is 4.71. The molecule has 0 saturated heterocycles. The lowest BCUT2D eigenvalue weighted by atomic mass is 10.2. The Morgan fingerprint density at radius 2 is 2.37 bits per heavy atom. The fraction of sp³-hybridized carbons (Fsp3) is 0.643. The fourth-order valence-electron chi connectivity index (χ4n) is 2.10. The van der Waals surface area contributed by atoms with Gasteiger partial charge in [0, 0.05) is 45.0 Å². The highest BCUT2D eigenvalue weighted by Gasteiger charge is 2.21. The maximum absolute atomic E-state index is 9.79. The second-order valence-corrected chi connectivity index (χ2v) is 5.13. The topological polar surface area (TPSA) is 57.6 Å². The van der Waals surface area contributed by atoms with E-state index in [1.807, 2.05) is 18.0 Å². The smallest absolute Gasteiger partial charge is 0.132 e. The molecular weight excluding hydrogens is 242 g/mol. The molecule has 1 aromatic rings. The van der Waals surface area contributed by atoms with Crippen LogP contribution in [0.5, 0.6) is 0 Å². The lowest BCUT2D eigenvalue weighted by Crippen LogP contribution is -2.33. The summed E-state index contributed by atoms with van der Waals surface area (Å²) >= 11 is 0. The number of nitrogens with one attached hydrogen (secondary N) is 1.